The lowest BCUT2D eigenvalue weighted by Gasteiger charge is -2.60. The van der Waals surface area contributed by atoms with E-state index in [4.69, 9.17) is 14.2 Å². The van der Waals surface area contributed by atoms with E-state index in [0.717, 1.165) is 32.1 Å². The van der Waals surface area contributed by atoms with E-state index in [2.05, 4.69) is 13.8 Å². The van der Waals surface area contributed by atoms with Crippen molar-refractivity contribution in [2.75, 3.05) is 0 Å². The molecule has 1 saturated heterocycles. The maximum absolute atomic E-state index is 11.6. The third-order valence-electron chi connectivity index (χ3n) is 8.54. The molecule has 1 heterocycles. The van der Waals surface area contributed by atoms with E-state index in [-0.39, 0.29) is 41.3 Å². The van der Waals surface area contributed by atoms with Crippen LogP contribution in [0.5, 0.6) is 0 Å². The molecule has 3 aliphatic carbocycles. The van der Waals surface area contributed by atoms with E-state index < -0.39 is 0 Å². The molecule has 5 heteroatoms. The van der Waals surface area contributed by atoms with Crippen LogP contribution in [-0.2, 0) is 23.8 Å². The first-order valence-electron chi connectivity index (χ1n) is 10.7. The van der Waals surface area contributed by atoms with Gasteiger partial charge < -0.3 is 14.2 Å². The van der Waals surface area contributed by atoms with Crippen molar-refractivity contribution >= 4 is 11.9 Å². The third-order valence-corrected chi connectivity index (χ3v) is 8.54. The Bertz CT molecular complexity index is 618. The summed E-state index contributed by atoms with van der Waals surface area (Å²) >= 11 is 0. The topological polar surface area (TPSA) is 61.8 Å². The van der Waals surface area contributed by atoms with Crippen LogP contribution in [0.3, 0.4) is 0 Å². The summed E-state index contributed by atoms with van der Waals surface area (Å²) in [6, 6.07) is 0. The van der Waals surface area contributed by atoms with Gasteiger partial charge in [0.15, 0.2) is 0 Å². The number of carbonyl (C=O) groups excluding carboxylic acids is 2. The zero-order valence-electron chi connectivity index (χ0n) is 17.2. The summed E-state index contributed by atoms with van der Waals surface area (Å²) in [4.78, 5) is 22.9. The van der Waals surface area contributed by atoms with Gasteiger partial charge in [-0.1, -0.05) is 13.8 Å². The third kappa shape index (κ3) is 3.10. The van der Waals surface area contributed by atoms with E-state index in [0.29, 0.717) is 17.8 Å². The predicted octanol–water partition coefficient (Wildman–Crippen LogP) is 4.23. The van der Waals surface area contributed by atoms with Crippen molar-refractivity contribution in [1.82, 2.24) is 0 Å². The minimum absolute atomic E-state index is 0.0856. The fraction of sp³-hybridized carbons (Fsp3) is 0.909. The van der Waals surface area contributed by atoms with Crippen molar-refractivity contribution in [3.05, 3.63) is 0 Å². The highest BCUT2D eigenvalue weighted by atomic mass is 16.7. The Balaban J connectivity index is 1.51. The Morgan fingerprint density at radius 3 is 2.19 bits per heavy atom. The average molecular weight is 379 g/mol. The summed E-state index contributed by atoms with van der Waals surface area (Å²) in [6.45, 7) is 7.75. The van der Waals surface area contributed by atoms with Gasteiger partial charge in [-0.05, 0) is 68.1 Å². The summed E-state index contributed by atoms with van der Waals surface area (Å²) in [7, 11) is 0. The second-order valence-corrected chi connectivity index (χ2v) is 9.88. The maximum atomic E-state index is 11.6. The van der Waals surface area contributed by atoms with Crippen molar-refractivity contribution in [1.29, 1.82) is 0 Å². The van der Waals surface area contributed by atoms with Gasteiger partial charge >= 0.3 is 11.9 Å². The smallest absolute Gasteiger partial charge is 0.304 e. The summed E-state index contributed by atoms with van der Waals surface area (Å²) in [6.07, 6.45) is 8.48. The molecule has 8 atom stereocenters. The molecule has 1 aliphatic heterocycles. The van der Waals surface area contributed by atoms with Crippen molar-refractivity contribution in [3.63, 3.8) is 0 Å². The number of fused-ring (bicyclic) bond motifs is 5. The number of rotatable bonds is 2. The molecular formula is C22H34O5. The second-order valence-electron chi connectivity index (χ2n) is 9.88. The molecule has 4 aliphatic rings. The number of ether oxygens (including phenoxy) is 3. The lowest BCUT2D eigenvalue weighted by atomic mass is 9.48. The van der Waals surface area contributed by atoms with Crippen LogP contribution in [0.15, 0.2) is 0 Å². The van der Waals surface area contributed by atoms with Crippen LogP contribution in [0.2, 0.25) is 0 Å². The quantitative estimate of drug-likeness (QED) is 0.673. The van der Waals surface area contributed by atoms with Gasteiger partial charge in [-0.15, -0.1) is 0 Å². The highest BCUT2D eigenvalue weighted by Gasteiger charge is 2.61. The number of carbonyl (C=O) groups is 2. The molecule has 5 nitrogen and oxygen atoms in total. The Hall–Kier alpha value is -1.10. The van der Waals surface area contributed by atoms with Crippen LogP contribution in [0.4, 0.5) is 0 Å². The van der Waals surface area contributed by atoms with Crippen molar-refractivity contribution in [2.24, 2.45) is 28.6 Å². The molecule has 152 valence electrons. The minimum atomic E-state index is -0.370. The fourth-order valence-corrected chi connectivity index (χ4v) is 7.29. The molecule has 8 unspecified atom stereocenters. The van der Waals surface area contributed by atoms with Crippen LogP contribution >= 0.6 is 0 Å². The predicted molar refractivity (Wildman–Crippen MR) is 99.6 cm³/mol. The maximum Gasteiger partial charge on any atom is 0.304 e. The number of esters is 2. The highest BCUT2D eigenvalue weighted by Crippen LogP contribution is 2.65. The van der Waals surface area contributed by atoms with Crippen LogP contribution in [-0.4, -0.2) is 30.4 Å². The van der Waals surface area contributed by atoms with Crippen LogP contribution in [0, 0.1) is 28.6 Å². The minimum Gasteiger partial charge on any atom is -0.462 e. The molecular weight excluding hydrogens is 344 g/mol. The molecule has 4 fully saturated rings. The van der Waals surface area contributed by atoms with Crippen molar-refractivity contribution in [2.45, 2.75) is 97.6 Å². The zero-order chi connectivity index (χ0) is 19.4. The standard InChI is InChI=1S/C22H34O5/c1-13(23)25-18-8-6-16-15-5-7-19-22(4,17(15)9-11-21(16,18)3)12-10-20(27-19)26-14(2)24/h15-20H,5-12H2,1-4H3. The Morgan fingerprint density at radius 2 is 1.48 bits per heavy atom. The number of hydrogen-bond acceptors (Lipinski definition) is 5. The summed E-state index contributed by atoms with van der Waals surface area (Å²) < 4.78 is 17.3. The zero-order valence-corrected chi connectivity index (χ0v) is 17.2. The first-order valence-corrected chi connectivity index (χ1v) is 10.7. The molecule has 0 radical (unpaired) electrons. The monoisotopic (exact) mass is 378 g/mol. The van der Waals surface area contributed by atoms with E-state index in [1.165, 1.54) is 33.1 Å². The van der Waals surface area contributed by atoms with Crippen molar-refractivity contribution < 1.29 is 23.8 Å². The summed E-state index contributed by atoms with van der Waals surface area (Å²) in [5, 5.41) is 0. The molecule has 0 amide bonds. The van der Waals surface area contributed by atoms with E-state index in [1.54, 1.807) is 0 Å². The van der Waals surface area contributed by atoms with Gasteiger partial charge in [-0.25, -0.2) is 0 Å². The van der Waals surface area contributed by atoms with E-state index >= 15 is 0 Å². The van der Waals surface area contributed by atoms with Gasteiger partial charge in [0.1, 0.15) is 6.10 Å². The van der Waals surface area contributed by atoms with Gasteiger partial charge in [0.2, 0.25) is 6.29 Å². The van der Waals surface area contributed by atoms with Gasteiger partial charge in [0, 0.05) is 25.7 Å². The summed E-state index contributed by atoms with van der Waals surface area (Å²) in [5.74, 6) is 1.60. The fourth-order valence-electron chi connectivity index (χ4n) is 7.29. The van der Waals surface area contributed by atoms with E-state index in [9.17, 15) is 9.59 Å². The molecule has 0 bridgehead atoms. The first kappa shape index (κ1) is 19.2. The Morgan fingerprint density at radius 1 is 0.815 bits per heavy atom. The molecule has 0 aromatic heterocycles. The molecule has 0 aromatic rings. The lowest BCUT2D eigenvalue weighted by Crippen LogP contribution is -2.57. The van der Waals surface area contributed by atoms with Crippen LogP contribution in [0.25, 0.3) is 0 Å². The molecule has 27 heavy (non-hydrogen) atoms. The van der Waals surface area contributed by atoms with E-state index in [1.807, 2.05) is 0 Å². The highest BCUT2D eigenvalue weighted by molar-refractivity contribution is 5.66. The molecule has 0 spiro atoms. The molecule has 4 rings (SSSR count). The van der Waals surface area contributed by atoms with Gasteiger partial charge in [-0.2, -0.15) is 0 Å². The first-order chi connectivity index (χ1) is 12.7. The lowest BCUT2D eigenvalue weighted by molar-refractivity contribution is -0.257. The molecule has 3 saturated carbocycles. The largest absolute Gasteiger partial charge is 0.462 e. The molecule has 0 aromatic carbocycles. The van der Waals surface area contributed by atoms with Crippen LogP contribution in [0.1, 0.15) is 79.1 Å². The average Bonchev–Trinajstić information content (AvgIpc) is 2.91. The van der Waals surface area contributed by atoms with Crippen LogP contribution < -0.4 is 0 Å². The second kappa shape index (κ2) is 6.75. The Kier molecular flexibility index (Phi) is 4.81. The molecule has 0 N–H and O–H groups in total. The van der Waals surface area contributed by atoms with Gasteiger partial charge in [0.25, 0.3) is 0 Å². The normalized spacial score (nSPS) is 48.7. The van der Waals surface area contributed by atoms with Gasteiger partial charge in [-0.3, -0.25) is 9.59 Å². The Labute approximate surface area is 162 Å². The summed E-state index contributed by atoms with van der Waals surface area (Å²) in [5.41, 5.74) is 0.298. The number of hydrogen-bond donors (Lipinski definition) is 0. The van der Waals surface area contributed by atoms with Crippen molar-refractivity contribution in [3.8, 4) is 0 Å². The van der Waals surface area contributed by atoms with Gasteiger partial charge in [0.05, 0.1) is 6.10 Å². The SMILES string of the molecule is CC(=O)OC1CCC2(C)C(CCC3C4CCC(OC(C)=O)C4(C)CCC32)O1.